The molecule has 2 N–H and O–H groups in total. The Hall–Kier alpha value is -3.22. The SMILES string of the molecule is COC(=O)[C@H](Cc1c(C)cccc1C)NC(=O)[C@H](Cc1ccccc1F)NC(C)=O. The van der Waals surface area contributed by atoms with Gasteiger partial charge in [0.15, 0.2) is 0 Å². The number of carbonyl (C=O) groups is 3. The number of benzene rings is 2. The van der Waals surface area contributed by atoms with Gasteiger partial charge in [0.2, 0.25) is 11.8 Å². The highest BCUT2D eigenvalue weighted by molar-refractivity contribution is 5.90. The number of methoxy groups -OCH3 is 1. The van der Waals surface area contributed by atoms with Crippen LogP contribution in [0.25, 0.3) is 0 Å². The Balaban J connectivity index is 2.24. The van der Waals surface area contributed by atoms with E-state index in [1.807, 2.05) is 32.0 Å². The maximum absolute atomic E-state index is 14.1. The lowest BCUT2D eigenvalue weighted by Crippen LogP contribution is -2.53. The lowest BCUT2D eigenvalue weighted by molar-refractivity contribution is -0.145. The second kappa shape index (κ2) is 10.5. The molecule has 0 saturated carbocycles. The van der Waals surface area contributed by atoms with Crippen LogP contribution in [-0.4, -0.2) is 37.0 Å². The first kappa shape index (κ1) is 23.1. The summed E-state index contributed by atoms with van der Waals surface area (Å²) in [6.07, 6.45) is 0.193. The Kier molecular flexibility index (Phi) is 8.09. The zero-order chi connectivity index (χ0) is 22.3. The number of carbonyl (C=O) groups excluding carboxylic acids is 3. The van der Waals surface area contributed by atoms with Crippen molar-refractivity contribution >= 4 is 17.8 Å². The van der Waals surface area contributed by atoms with Crippen molar-refractivity contribution in [1.82, 2.24) is 10.6 Å². The van der Waals surface area contributed by atoms with Gasteiger partial charge in [-0.25, -0.2) is 9.18 Å². The highest BCUT2D eigenvalue weighted by Gasteiger charge is 2.28. The molecule has 7 heteroatoms. The second-order valence-electron chi connectivity index (χ2n) is 7.21. The molecule has 0 saturated heterocycles. The van der Waals surface area contributed by atoms with Crippen LogP contribution in [0.2, 0.25) is 0 Å². The summed E-state index contributed by atoms with van der Waals surface area (Å²) in [5.41, 5.74) is 3.19. The van der Waals surface area contributed by atoms with Crippen molar-refractivity contribution in [3.63, 3.8) is 0 Å². The Morgan fingerprint density at radius 2 is 1.57 bits per heavy atom. The van der Waals surface area contributed by atoms with Crippen LogP contribution in [0.3, 0.4) is 0 Å². The van der Waals surface area contributed by atoms with Gasteiger partial charge in [0.25, 0.3) is 0 Å². The summed E-state index contributed by atoms with van der Waals surface area (Å²) in [5.74, 6) is -2.09. The molecule has 2 amide bonds. The van der Waals surface area contributed by atoms with Crippen molar-refractivity contribution in [2.24, 2.45) is 0 Å². The lowest BCUT2D eigenvalue weighted by atomic mass is 9.96. The molecule has 2 rings (SSSR count). The molecule has 0 spiro atoms. The van der Waals surface area contributed by atoms with E-state index in [1.54, 1.807) is 18.2 Å². The van der Waals surface area contributed by atoms with Gasteiger partial charge in [0.1, 0.15) is 17.9 Å². The molecule has 30 heavy (non-hydrogen) atoms. The van der Waals surface area contributed by atoms with E-state index in [9.17, 15) is 18.8 Å². The van der Waals surface area contributed by atoms with Crippen molar-refractivity contribution in [3.05, 3.63) is 70.5 Å². The molecule has 0 fully saturated rings. The number of nitrogens with one attached hydrogen (secondary N) is 2. The van der Waals surface area contributed by atoms with E-state index in [-0.39, 0.29) is 18.4 Å². The standard InChI is InChI=1S/C23H27FN2O4/c1-14-8-7-9-15(2)18(14)13-21(23(29)30-4)26-22(28)20(25-16(3)27)12-17-10-5-6-11-19(17)24/h5-11,20-21H,12-13H2,1-4H3,(H,25,27)(H,26,28)/t20-,21-/m0/s1. The van der Waals surface area contributed by atoms with E-state index >= 15 is 0 Å². The molecule has 0 unspecified atom stereocenters. The van der Waals surface area contributed by atoms with Gasteiger partial charge in [0.05, 0.1) is 7.11 Å². The molecule has 0 aliphatic rings. The number of ether oxygens (including phenoxy) is 1. The predicted molar refractivity (Wildman–Crippen MR) is 111 cm³/mol. The summed E-state index contributed by atoms with van der Waals surface area (Å²) in [7, 11) is 1.25. The molecule has 2 atom stereocenters. The molecular formula is C23H27FN2O4. The molecule has 0 heterocycles. The van der Waals surface area contributed by atoms with E-state index < -0.39 is 35.7 Å². The predicted octanol–water partition coefficient (Wildman–Crippen LogP) is 2.39. The zero-order valence-electron chi connectivity index (χ0n) is 17.6. The molecule has 160 valence electrons. The number of halogens is 1. The molecule has 0 aromatic heterocycles. The first-order valence-corrected chi connectivity index (χ1v) is 9.66. The highest BCUT2D eigenvalue weighted by atomic mass is 19.1. The van der Waals surface area contributed by atoms with Gasteiger partial charge in [-0.05, 0) is 42.2 Å². The van der Waals surface area contributed by atoms with Crippen molar-refractivity contribution in [1.29, 1.82) is 0 Å². The smallest absolute Gasteiger partial charge is 0.328 e. The molecular weight excluding hydrogens is 387 g/mol. The molecule has 0 bridgehead atoms. The molecule has 6 nitrogen and oxygen atoms in total. The maximum Gasteiger partial charge on any atom is 0.328 e. The molecule has 2 aromatic carbocycles. The third kappa shape index (κ3) is 6.14. The van der Waals surface area contributed by atoms with Crippen LogP contribution in [-0.2, 0) is 32.0 Å². The van der Waals surface area contributed by atoms with Gasteiger partial charge in [-0.3, -0.25) is 9.59 Å². The Labute approximate surface area is 175 Å². The fraction of sp³-hybridized carbons (Fsp3) is 0.348. The van der Waals surface area contributed by atoms with E-state index in [0.29, 0.717) is 0 Å². The van der Waals surface area contributed by atoms with Gasteiger partial charge in [-0.2, -0.15) is 0 Å². The quantitative estimate of drug-likeness (QED) is 0.650. The van der Waals surface area contributed by atoms with Crippen LogP contribution < -0.4 is 10.6 Å². The Morgan fingerprint density at radius 3 is 2.13 bits per heavy atom. The van der Waals surface area contributed by atoms with Crippen molar-refractivity contribution in [2.75, 3.05) is 7.11 Å². The Morgan fingerprint density at radius 1 is 0.933 bits per heavy atom. The van der Waals surface area contributed by atoms with Gasteiger partial charge < -0.3 is 15.4 Å². The number of amides is 2. The van der Waals surface area contributed by atoms with E-state index in [0.717, 1.165) is 16.7 Å². The summed E-state index contributed by atoms with van der Waals surface area (Å²) in [6.45, 7) is 5.13. The van der Waals surface area contributed by atoms with Crippen LogP contribution in [0.1, 0.15) is 29.2 Å². The number of hydrogen-bond donors (Lipinski definition) is 2. The third-order valence-corrected chi connectivity index (χ3v) is 4.93. The summed E-state index contributed by atoms with van der Waals surface area (Å²) in [6, 6.07) is 9.82. The fourth-order valence-corrected chi connectivity index (χ4v) is 3.32. The van der Waals surface area contributed by atoms with Crippen molar-refractivity contribution < 1.29 is 23.5 Å². The number of hydrogen-bond acceptors (Lipinski definition) is 4. The molecule has 2 aromatic rings. The monoisotopic (exact) mass is 414 g/mol. The van der Waals surface area contributed by atoms with Crippen LogP contribution in [0.15, 0.2) is 42.5 Å². The van der Waals surface area contributed by atoms with E-state index in [2.05, 4.69) is 10.6 Å². The first-order chi connectivity index (χ1) is 14.2. The zero-order valence-corrected chi connectivity index (χ0v) is 17.6. The third-order valence-electron chi connectivity index (χ3n) is 4.93. The highest BCUT2D eigenvalue weighted by Crippen LogP contribution is 2.16. The van der Waals surface area contributed by atoms with Crippen LogP contribution >= 0.6 is 0 Å². The van der Waals surface area contributed by atoms with Crippen molar-refractivity contribution in [2.45, 2.75) is 45.7 Å². The number of rotatable bonds is 8. The maximum atomic E-state index is 14.1. The topological polar surface area (TPSA) is 84.5 Å². The molecule has 0 radical (unpaired) electrons. The normalized spacial score (nSPS) is 12.6. The molecule has 0 aliphatic carbocycles. The van der Waals surface area contributed by atoms with Gasteiger partial charge in [-0.1, -0.05) is 36.4 Å². The second-order valence-corrected chi connectivity index (χ2v) is 7.21. The average Bonchev–Trinajstić information content (AvgIpc) is 2.70. The number of esters is 1. The molecule has 0 aliphatic heterocycles. The minimum atomic E-state index is -1.04. The summed E-state index contributed by atoms with van der Waals surface area (Å²) < 4.78 is 18.9. The van der Waals surface area contributed by atoms with E-state index in [1.165, 1.54) is 20.1 Å². The minimum Gasteiger partial charge on any atom is -0.467 e. The average molecular weight is 414 g/mol. The Bertz CT molecular complexity index is 909. The van der Waals surface area contributed by atoms with Crippen LogP contribution in [0.5, 0.6) is 0 Å². The van der Waals surface area contributed by atoms with Crippen LogP contribution in [0, 0.1) is 19.7 Å². The first-order valence-electron chi connectivity index (χ1n) is 9.66. The minimum absolute atomic E-state index is 0.0463. The van der Waals surface area contributed by atoms with Crippen LogP contribution in [0.4, 0.5) is 4.39 Å². The van der Waals surface area contributed by atoms with Gasteiger partial charge in [-0.15, -0.1) is 0 Å². The lowest BCUT2D eigenvalue weighted by Gasteiger charge is -2.23. The van der Waals surface area contributed by atoms with E-state index in [4.69, 9.17) is 4.74 Å². The van der Waals surface area contributed by atoms with Gasteiger partial charge >= 0.3 is 5.97 Å². The van der Waals surface area contributed by atoms with Crippen molar-refractivity contribution in [3.8, 4) is 0 Å². The summed E-state index contributed by atoms with van der Waals surface area (Å²) in [4.78, 5) is 36.9. The number of aryl methyl sites for hydroxylation is 2. The summed E-state index contributed by atoms with van der Waals surface area (Å²) >= 11 is 0. The summed E-state index contributed by atoms with van der Waals surface area (Å²) in [5, 5.41) is 5.20. The fourth-order valence-electron chi connectivity index (χ4n) is 3.32. The largest absolute Gasteiger partial charge is 0.467 e. The van der Waals surface area contributed by atoms with Gasteiger partial charge in [0, 0.05) is 19.8 Å².